The van der Waals surface area contributed by atoms with Gasteiger partial charge in [0.1, 0.15) is 5.60 Å². The third kappa shape index (κ3) is 7.32. The minimum atomic E-state index is -0.778. The number of amides is 1. The molecule has 1 aromatic rings. The Morgan fingerprint density at radius 2 is 1.80 bits per heavy atom. The summed E-state index contributed by atoms with van der Waals surface area (Å²) in [7, 11) is 0. The Hall–Kier alpha value is -1.31. The Balaban J connectivity index is 2.27. The largest absolute Gasteiger partial charge is 0.442 e. The Bertz CT molecular complexity index is 465. The molecule has 20 heavy (non-hydrogen) atoms. The third-order valence-electron chi connectivity index (χ3n) is 2.18. The number of rotatable bonds is 3. The quantitative estimate of drug-likeness (QED) is 0.635. The van der Waals surface area contributed by atoms with Crippen molar-refractivity contribution >= 4 is 34.7 Å². The van der Waals surface area contributed by atoms with Crippen molar-refractivity contribution in [2.24, 2.45) is 0 Å². The summed E-state index contributed by atoms with van der Waals surface area (Å²) in [5.41, 5.74) is 2.39. The molecule has 1 aromatic carbocycles. The van der Waals surface area contributed by atoms with Crippen molar-refractivity contribution in [2.75, 3.05) is 0 Å². The van der Waals surface area contributed by atoms with Crippen LogP contribution in [0.1, 0.15) is 32.8 Å². The number of carbonyl (C=O) groups is 2. The number of aryl methyl sites for hydroxylation is 1. The number of halogens is 1. The summed E-state index contributed by atoms with van der Waals surface area (Å²) < 4.78 is 6.08. The molecular formula is C14H18INO4. The van der Waals surface area contributed by atoms with Gasteiger partial charge in [-0.05, 0) is 67.5 Å². The summed E-state index contributed by atoms with van der Waals surface area (Å²) >= 11 is 2.22. The monoisotopic (exact) mass is 391 g/mol. The summed E-state index contributed by atoms with van der Waals surface area (Å²) in [6.07, 6.45) is -0.0255. The summed E-state index contributed by atoms with van der Waals surface area (Å²) in [5, 5.41) is 0. The van der Waals surface area contributed by atoms with Crippen LogP contribution in [0.15, 0.2) is 24.3 Å². The molecule has 1 amide bonds. The van der Waals surface area contributed by atoms with E-state index in [1.807, 2.05) is 29.7 Å². The topological polar surface area (TPSA) is 64.6 Å². The lowest BCUT2D eigenvalue weighted by molar-refractivity contribution is -0.150. The molecule has 0 aliphatic carbocycles. The van der Waals surface area contributed by atoms with E-state index in [4.69, 9.17) is 4.74 Å². The van der Waals surface area contributed by atoms with E-state index in [0.717, 1.165) is 9.13 Å². The van der Waals surface area contributed by atoms with E-state index in [9.17, 15) is 9.59 Å². The van der Waals surface area contributed by atoms with Crippen LogP contribution >= 0.6 is 22.6 Å². The van der Waals surface area contributed by atoms with Gasteiger partial charge in [0.15, 0.2) is 0 Å². The first-order valence-electron chi connectivity index (χ1n) is 6.19. The highest BCUT2D eigenvalue weighted by Gasteiger charge is 2.17. The molecule has 0 heterocycles. The van der Waals surface area contributed by atoms with E-state index < -0.39 is 17.7 Å². The van der Waals surface area contributed by atoms with E-state index in [0.29, 0.717) is 6.42 Å². The fourth-order valence-electron chi connectivity index (χ4n) is 1.35. The number of hydrogen-bond donors (Lipinski definition) is 1. The molecule has 0 bridgehead atoms. The van der Waals surface area contributed by atoms with Crippen LogP contribution in [0, 0.1) is 3.57 Å². The Morgan fingerprint density at radius 1 is 1.20 bits per heavy atom. The maximum absolute atomic E-state index is 11.5. The van der Waals surface area contributed by atoms with Gasteiger partial charge in [0.05, 0.1) is 6.42 Å². The van der Waals surface area contributed by atoms with Gasteiger partial charge >= 0.3 is 12.1 Å². The number of carbonyl (C=O) groups excluding carboxylic acids is 2. The predicted octanol–water partition coefficient (Wildman–Crippen LogP) is 3.21. The highest BCUT2D eigenvalue weighted by atomic mass is 127. The van der Waals surface area contributed by atoms with Gasteiger partial charge in [-0.3, -0.25) is 0 Å². The molecule has 0 saturated heterocycles. The number of ether oxygens (including phenoxy) is 1. The average molecular weight is 391 g/mol. The maximum atomic E-state index is 11.5. The molecule has 0 unspecified atom stereocenters. The Kier molecular flexibility index (Phi) is 6.25. The first-order chi connectivity index (χ1) is 9.26. The molecule has 1 rings (SSSR count). The first kappa shape index (κ1) is 16.7. The zero-order valence-electron chi connectivity index (χ0n) is 11.7. The van der Waals surface area contributed by atoms with Crippen LogP contribution < -0.4 is 5.48 Å². The van der Waals surface area contributed by atoms with Gasteiger partial charge in [0, 0.05) is 3.57 Å². The van der Waals surface area contributed by atoms with E-state index in [1.54, 1.807) is 20.8 Å². The normalized spacial score (nSPS) is 10.8. The SMILES string of the molecule is CC(C)(C)OC(=O)NOC(=O)CCc1ccc(I)cc1. The van der Waals surface area contributed by atoms with Crippen LogP contribution in [0.5, 0.6) is 0 Å². The van der Waals surface area contributed by atoms with Crippen molar-refractivity contribution in [3.8, 4) is 0 Å². The standard InChI is InChI=1S/C14H18INO4/c1-14(2,3)19-13(18)16-20-12(17)9-6-10-4-7-11(15)8-5-10/h4-5,7-8H,6,9H2,1-3H3,(H,16,18). The van der Waals surface area contributed by atoms with Gasteiger partial charge in [-0.25, -0.2) is 9.59 Å². The van der Waals surface area contributed by atoms with Crippen LogP contribution in [-0.2, 0) is 20.8 Å². The second-order valence-electron chi connectivity index (χ2n) is 5.20. The number of hydroxylamine groups is 1. The molecule has 0 aromatic heterocycles. The lowest BCUT2D eigenvalue weighted by Gasteiger charge is -2.19. The molecule has 0 fully saturated rings. The van der Waals surface area contributed by atoms with Crippen molar-refractivity contribution in [1.82, 2.24) is 5.48 Å². The summed E-state index contributed by atoms with van der Waals surface area (Å²) in [4.78, 5) is 27.4. The highest BCUT2D eigenvalue weighted by Crippen LogP contribution is 2.09. The fraction of sp³-hybridized carbons (Fsp3) is 0.429. The van der Waals surface area contributed by atoms with E-state index in [2.05, 4.69) is 27.4 Å². The minimum Gasteiger partial charge on any atom is -0.442 e. The van der Waals surface area contributed by atoms with Crippen molar-refractivity contribution < 1.29 is 19.2 Å². The lowest BCUT2D eigenvalue weighted by atomic mass is 10.1. The third-order valence-corrected chi connectivity index (χ3v) is 2.90. The smallest absolute Gasteiger partial charge is 0.441 e. The maximum Gasteiger partial charge on any atom is 0.441 e. The molecule has 110 valence electrons. The van der Waals surface area contributed by atoms with Crippen LogP contribution in [-0.4, -0.2) is 17.7 Å². The molecule has 0 saturated carbocycles. The average Bonchev–Trinajstić information content (AvgIpc) is 2.33. The van der Waals surface area contributed by atoms with Crippen LogP contribution in [0.3, 0.4) is 0 Å². The van der Waals surface area contributed by atoms with Crippen LogP contribution in [0.25, 0.3) is 0 Å². The first-order valence-corrected chi connectivity index (χ1v) is 7.27. The lowest BCUT2D eigenvalue weighted by Crippen LogP contribution is -2.34. The second-order valence-corrected chi connectivity index (χ2v) is 6.45. The Labute approximate surface area is 132 Å². The van der Waals surface area contributed by atoms with Crippen molar-refractivity contribution in [3.63, 3.8) is 0 Å². The van der Waals surface area contributed by atoms with Crippen LogP contribution in [0.2, 0.25) is 0 Å². The molecular weight excluding hydrogens is 373 g/mol. The molecule has 0 spiro atoms. The van der Waals surface area contributed by atoms with E-state index >= 15 is 0 Å². The van der Waals surface area contributed by atoms with Gasteiger partial charge in [-0.1, -0.05) is 12.1 Å². The summed E-state index contributed by atoms with van der Waals surface area (Å²) in [5.74, 6) is -0.505. The fourth-order valence-corrected chi connectivity index (χ4v) is 1.71. The zero-order chi connectivity index (χ0) is 15.2. The number of hydrogen-bond acceptors (Lipinski definition) is 4. The molecule has 0 aliphatic rings. The molecule has 0 radical (unpaired) electrons. The molecule has 1 N–H and O–H groups in total. The van der Waals surface area contributed by atoms with Crippen molar-refractivity contribution in [1.29, 1.82) is 0 Å². The number of nitrogens with one attached hydrogen (secondary N) is 1. The molecule has 0 atom stereocenters. The molecule has 0 aliphatic heterocycles. The van der Waals surface area contributed by atoms with Gasteiger partial charge in [-0.2, -0.15) is 0 Å². The summed E-state index contributed by atoms with van der Waals surface area (Å²) in [6, 6.07) is 7.85. The van der Waals surface area contributed by atoms with Gasteiger partial charge < -0.3 is 9.57 Å². The van der Waals surface area contributed by atoms with E-state index in [1.165, 1.54) is 0 Å². The molecule has 6 heteroatoms. The minimum absolute atomic E-state index is 0.191. The van der Waals surface area contributed by atoms with Gasteiger partial charge in [0.2, 0.25) is 0 Å². The summed E-state index contributed by atoms with van der Waals surface area (Å²) in [6.45, 7) is 5.18. The Morgan fingerprint density at radius 3 is 2.35 bits per heavy atom. The van der Waals surface area contributed by atoms with Gasteiger partial charge in [-0.15, -0.1) is 5.48 Å². The van der Waals surface area contributed by atoms with Gasteiger partial charge in [0.25, 0.3) is 0 Å². The highest BCUT2D eigenvalue weighted by molar-refractivity contribution is 14.1. The number of benzene rings is 1. The molecule has 5 nitrogen and oxygen atoms in total. The van der Waals surface area contributed by atoms with Crippen molar-refractivity contribution in [2.45, 2.75) is 39.2 Å². The zero-order valence-corrected chi connectivity index (χ0v) is 13.9. The van der Waals surface area contributed by atoms with Crippen LogP contribution in [0.4, 0.5) is 4.79 Å². The van der Waals surface area contributed by atoms with Crippen molar-refractivity contribution in [3.05, 3.63) is 33.4 Å². The predicted molar refractivity (Wildman–Crippen MR) is 82.9 cm³/mol. The second kappa shape index (κ2) is 7.47. The van der Waals surface area contributed by atoms with E-state index in [-0.39, 0.29) is 6.42 Å².